The highest BCUT2D eigenvalue weighted by atomic mass is 16.5. The maximum atomic E-state index is 12.5. The number of nitrogens with one attached hydrogen (secondary N) is 1. The summed E-state index contributed by atoms with van der Waals surface area (Å²) >= 11 is 0. The van der Waals surface area contributed by atoms with Crippen LogP contribution in [-0.2, 0) is 16.1 Å². The SMILES string of the molecule is O=C(CCn1ccc(=O)[nH]c1=O)N1CCOC2C[C@H](CO)C[C@@H]21. The Bertz CT molecular complexity index is 682. The van der Waals surface area contributed by atoms with Crippen molar-refractivity contribution in [2.24, 2.45) is 5.92 Å². The van der Waals surface area contributed by atoms with Crippen LogP contribution in [-0.4, -0.2) is 57.4 Å². The van der Waals surface area contributed by atoms with E-state index in [2.05, 4.69) is 4.98 Å². The highest BCUT2D eigenvalue weighted by molar-refractivity contribution is 5.76. The number of nitrogens with zero attached hydrogens (tertiary/aromatic N) is 2. The van der Waals surface area contributed by atoms with Crippen LogP contribution in [0.15, 0.2) is 21.9 Å². The minimum Gasteiger partial charge on any atom is -0.396 e. The summed E-state index contributed by atoms with van der Waals surface area (Å²) in [5, 5.41) is 9.32. The average Bonchev–Trinajstić information content (AvgIpc) is 2.96. The van der Waals surface area contributed by atoms with Gasteiger partial charge in [-0.3, -0.25) is 14.6 Å². The number of aliphatic hydroxyl groups is 1. The Labute approximate surface area is 132 Å². The van der Waals surface area contributed by atoms with Crippen LogP contribution in [0.2, 0.25) is 0 Å². The number of H-pyrrole nitrogens is 1. The van der Waals surface area contributed by atoms with Crippen molar-refractivity contribution in [3.8, 4) is 0 Å². The molecule has 2 aliphatic rings. The molecule has 3 atom stereocenters. The van der Waals surface area contributed by atoms with Gasteiger partial charge in [0.1, 0.15) is 0 Å². The molecule has 1 aromatic heterocycles. The van der Waals surface area contributed by atoms with Crippen LogP contribution in [0.4, 0.5) is 0 Å². The first kappa shape index (κ1) is 15.9. The van der Waals surface area contributed by atoms with E-state index in [1.54, 1.807) is 0 Å². The third-order valence-electron chi connectivity index (χ3n) is 4.68. The molecule has 8 nitrogen and oxygen atoms in total. The summed E-state index contributed by atoms with van der Waals surface area (Å²) in [6, 6.07) is 1.28. The van der Waals surface area contributed by atoms with Crippen molar-refractivity contribution in [1.29, 1.82) is 0 Å². The number of aromatic nitrogens is 2. The molecule has 23 heavy (non-hydrogen) atoms. The van der Waals surface area contributed by atoms with Crippen molar-refractivity contribution in [1.82, 2.24) is 14.5 Å². The van der Waals surface area contributed by atoms with E-state index in [1.165, 1.54) is 16.8 Å². The molecule has 2 fully saturated rings. The van der Waals surface area contributed by atoms with Crippen LogP contribution in [0.3, 0.4) is 0 Å². The summed E-state index contributed by atoms with van der Waals surface area (Å²) < 4.78 is 7.03. The molecule has 3 rings (SSSR count). The van der Waals surface area contributed by atoms with Crippen LogP contribution in [0.25, 0.3) is 0 Å². The molecule has 126 valence electrons. The number of morpholine rings is 1. The summed E-state index contributed by atoms with van der Waals surface area (Å²) in [4.78, 5) is 39.2. The standard InChI is InChI=1S/C15H21N3O5/c19-9-10-7-11-12(8-10)23-6-5-18(11)14(21)2-4-17-3-1-13(20)16-15(17)22/h1,3,10-12,19H,2,4-9H2,(H,16,20,22)/t10-,11+,12?/m1/s1. The molecule has 2 heterocycles. The van der Waals surface area contributed by atoms with Crippen LogP contribution < -0.4 is 11.2 Å². The van der Waals surface area contributed by atoms with Crippen molar-refractivity contribution < 1.29 is 14.6 Å². The lowest BCUT2D eigenvalue weighted by Gasteiger charge is -2.37. The zero-order chi connectivity index (χ0) is 16.4. The molecule has 0 spiro atoms. The quantitative estimate of drug-likeness (QED) is 0.734. The van der Waals surface area contributed by atoms with Crippen LogP contribution in [0.1, 0.15) is 19.3 Å². The van der Waals surface area contributed by atoms with Gasteiger partial charge in [0.25, 0.3) is 5.56 Å². The van der Waals surface area contributed by atoms with E-state index in [0.29, 0.717) is 13.2 Å². The van der Waals surface area contributed by atoms with Crippen molar-refractivity contribution in [2.75, 3.05) is 19.8 Å². The molecule has 0 bridgehead atoms. The lowest BCUT2D eigenvalue weighted by atomic mass is 10.1. The maximum absolute atomic E-state index is 12.5. The lowest BCUT2D eigenvalue weighted by molar-refractivity contribution is -0.144. The molecule has 1 saturated heterocycles. The summed E-state index contributed by atoms with van der Waals surface area (Å²) in [7, 11) is 0. The zero-order valence-electron chi connectivity index (χ0n) is 12.8. The van der Waals surface area contributed by atoms with Gasteiger partial charge in [0.15, 0.2) is 0 Å². The van der Waals surface area contributed by atoms with Gasteiger partial charge in [-0.1, -0.05) is 0 Å². The number of carbonyl (C=O) groups is 1. The number of hydrogen-bond acceptors (Lipinski definition) is 5. The smallest absolute Gasteiger partial charge is 0.328 e. The van der Waals surface area contributed by atoms with Gasteiger partial charge in [-0.2, -0.15) is 0 Å². The van der Waals surface area contributed by atoms with E-state index >= 15 is 0 Å². The van der Waals surface area contributed by atoms with Crippen molar-refractivity contribution in [3.05, 3.63) is 33.1 Å². The summed E-state index contributed by atoms with van der Waals surface area (Å²) in [6.07, 6.45) is 3.13. The third kappa shape index (κ3) is 3.37. The largest absolute Gasteiger partial charge is 0.396 e. The van der Waals surface area contributed by atoms with Crippen molar-refractivity contribution in [3.63, 3.8) is 0 Å². The van der Waals surface area contributed by atoms with Crippen LogP contribution >= 0.6 is 0 Å². The van der Waals surface area contributed by atoms with E-state index < -0.39 is 11.2 Å². The predicted molar refractivity (Wildman–Crippen MR) is 81.0 cm³/mol. The number of aromatic amines is 1. The summed E-state index contributed by atoms with van der Waals surface area (Å²) in [6.45, 7) is 1.39. The van der Waals surface area contributed by atoms with E-state index in [1.807, 2.05) is 4.90 Å². The molecule has 0 aromatic carbocycles. The minimum atomic E-state index is -0.508. The van der Waals surface area contributed by atoms with Gasteiger partial charge >= 0.3 is 5.69 Å². The first-order chi connectivity index (χ1) is 11.1. The second-order valence-electron chi connectivity index (χ2n) is 6.14. The molecular weight excluding hydrogens is 302 g/mol. The first-order valence-corrected chi connectivity index (χ1v) is 7.90. The molecule has 1 saturated carbocycles. The van der Waals surface area contributed by atoms with E-state index in [-0.39, 0.29) is 43.5 Å². The monoisotopic (exact) mass is 323 g/mol. The summed E-state index contributed by atoms with van der Waals surface area (Å²) in [5.41, 5.74) is -0.957. The number of amides is 1. The van der Waals surface area contributed by atoms with E-state index in [9.17, 15) is 19.5 Å². The molecule has 1 amide bonds. The first-order valence-electron chi connectivity index (χ1n) is 7.90. The fraction of sp³-hybridized carbons (Fsp3) is 0.667. The lowest BCUT2D eigenvalue weighted by Crippen LogP contribution is -2.51. The average molecular weight is 323 g/mol. The molecule has 1 aliphatic carbocycles. The van der Waals surface area contributed by atoms with Gasteiger partial charge in [0.05, 0.1) is 18.8 Å². The molecule has 1 unspecified atom stereocenters. The Kier molecular flexibility index (Phi) is 4.63. The number of aliphatic hydroxyl groups excluding tert-OH is 1. The number of hydrogen-bond donors (Lipinski definition) is 2. The number of carbonyl (C=O) groups excluding carboxylic acids is 1. The predicted octanol–water partition coefficient (Wildman–Crippen LogP) is -1.07. The zero-order valence-corrected chi connectivity index (χ0v) is 12.8. The number of ether oxygens (including phenoxy) is 1. The second kappa shape index (κ2) is 6.67. The Morgan fingerprint density at radius 2 is 2.22 bits per heavy atom. The van der Waals surface area contributed by atoms with Crippen LogP contribution in [0.5, 0.6) is 0 Å². The molecule has 1 aliphatic heterocycles. The molecule has 2 N–H and O–H groups in total. The normalized spacial score (nSPS) is 27.0. The fourth-order valence-corrected chi connectivity index (χ4v) is 3.49. The van der Waals surface area contributed by atoms with Gasteiger partial charge in [-0.05, 0) is 18.8 Å². The third-order valence-corrected chi connectivity index (χ3v) is 4.68. The van der Waals surface area contributed by atoms with Gasteiger partial charge in [0.2, 0.25) is 5.91 Å². The minimum absolute atomic E-state index is 0.000604. The van der Waals surface area contributed by atoms with Gasteiger partial charge in [0, 0.05) is 38.4 Å². The number of aryl methyl sites for hydroxylation is 1. The fourth-order valence-electron chi connectivity index (χ4n) is 3.49. The van der Waals surface area contributed by atoms with Crippen LogP contribution in [0, 0.1) is 5.92 Å². The van der Waals surface area contributed by atoms with E-state index in [4.69, 9.17) is 4.74 Å². The Balaban J connectivity index is 1.63. The maximum Gasteiger partial charge on any atom is 0.328 e. The topological polar surface area (TPSA) is 105 Å². The number of fused-ring (bicyclic) bond motifs is 1. The van der Waals surface area contributed by atoms with Gasteiger partial charge in [-0.15, -0.1) is 0 Å². The molecule has 1 aromatic rings. The Morgan fingerprint density at radius 1 is 1.39 bits per heavy atom. The number of rotatable bonds is 4. The Hall–Kier alpha value is -1.93. The molecule has 8 heteroatoms. The second-order valence-corrected chi connectivity index (χ2v) is 6.14. The summed E-state index contributed by atoms with van der Waals surface area (Å²) in [5.74, 6) is 0.153. The molecule has 0 radical (unpaired) electrons. The Morgan fingerprint density at radius 3 is 2.96 bits per heavy atom. The van der Waals surface area contributed by atoms with Gasteiger partial charge in [-0.25, -0.2) is 4.79 Å². The van der Waals surface area contributed by atoms with Crippen molar-refractivity contribution in [2.45, 2.75) is 38.0 Å². The van der Waals surface area contributed by atoms with E-state index in [0.717, 1.165) is 12.8 Å². The van der Waals surface area contributed by atoms with Crippen molar-refractivity contribution >= 4 is 5.91 Å². The highest BCUT2D eigenvalue weighted by Crippen LogP contribution is 2.34. The highest BCUT2D eigenvalue weighted by Gasteiger charge is 2.42. The van der Waals surface area contributed by atoms with Gasteiger partial charge < -0.3 is 19.3 Å². The molecular formula is C15H21N3O5.